The Morgan fingerprint density at radius 1 is 1.38 bits per heavy atom. The number of halogens is 1. The standard InChI is InChI=1S/C10H11FN2/c11-9-5-4-8(7-10(9)13)3-1-2-6-12/h4-5,7H,2,6,12-13H2. The maximum absolute atomic E-state index is 12.7. The number of benzene rings is 1. The maximum atomic E-state index is 12.7. The Morgan fingerprint density at radius 3 is 2.77 bits per heavy atom. The van der Waals surface area contributed by atoms with E-state index in [9.17, 15) is 4.39 Å². The van der Waals surface area contributed by atoms with Crippen molar-refractivity contribution in [3.8, 4) is 11.8 Å². The fraction of sp³-hybridized carbons (Fsp3) is 0.200. The highest BCUT2D eigenvalue weighted by Gasteiger charge is 1.96. The summed E-state index contributed by atoms with van der Waals surface area (Å²) in [5.41, 5.74) is 11.5. The van der Waals surface area contributed by atoms with Gasteiger partial charge >= 0.3 is 0 Å². The first-order chi connectivity index (χ1) is 6.24. The van der Waals surface area contributed by atoms with Crippen molar-refractivity contribution in [3.63, 3.8) is 0 Å². The third-order valence-corrected chi connectivity index (χ3v) is 1.50. The molecule has 0 unspecified atom stereocenters. The fourth-order valence-corrected chi connectivity index (χ4v) is 0.858. The molecule has 0 saturated heterocycles. The average Bonchev–Trinajstić information content (AvgIpc) is 2.12. The van der Waals surface area contributed by atoms with E-state index in [2.05, 4.69) is 11.8 Å². The van der Waals surface area contributed by atoms with E-state index in [0.29, 0.717) is 18.5 Å². The van der Waals surface area contributed by atoms with Crippen molar-refractivity contribution in [1.82, 2.24) is 0 Å². The first-order valence-electron chi connectivity index (χ1n) is 3.98. The molecule has 2 nitrogen and oxygen atoms in total. The zero-order valence-electron chi connectivity index (χ0n) is 7.18. The van der Waals surface area contributed by atoms with Crippen molar-refractivity contribution in [2.24, 2.45) is 5.73 Å². The van der Waals surface area contributed by atoms with Gasteiger partial charge in [-0.1, -0.05) is 11.8 Å². The van der Waals surface area contributed by atoms with Crippen LogP contribution in [0.3, 0.4) is 0 Å². The van der Waals surface area contributed by atoms with Crippen molar-refractivity contribution in [2.75, 3.05) is 12.3 Å². The van der Waals surface area contributed by atoms with Gasteiger partial charge < -0.3 is 11.5 Å². The lowest BCUT2D eigenvalue weighted by Gasteiger charge is -1.95. The van der Waals surface area contributed by atoms with Crippen molar-refractivity contribution in [2.45, 2.75) is 6.42 Å². The molecule has 0 aliphatic heterocycles. The zero-order valence-corrected chi connectivity index (χ0v) is 7.18. The smallest absolute Gasteiger partial charge is 0.146 e. The van der Waals surface area contributed by atoms with Gasteiger partial charge in [0.2, 0.25) is 0 Å². The van der Waals surface area contributed by atoms with Crippen molar-refractivity contribution < 1.29 is 4.39 Å². The SMILES string of the molecule is NCCC#Cc1ccc(F)c(N)c1. The van der Waals surface area contributed by atoms with E-state index in [0.717, 1.165) is 0 Å². The summed E-state index contributed by atoms with van der Waals surface area (Å²) in [5.74, 6) is 5.27. The maximum Gasteiger partial charge on any atom is 0.146 e. The Balaban J connectivity index is 2.81. The van der Waals surface area contributed by atoms with E-state index < -0.39 is 5.82 Å². The van der Waals surface area contributed by atoms with Crippen LogP contribution < -0.4 is 11.5 Å². The summed E-state index contributed by atoms with van der Waals surface area (Å²) in [4.78, 5) is 0. The normalized spacial score (nSPS) is 9.08. The molecule has 0 amide bonds. The van der Waals surface area contributed by atoms with E-state index in [1.807, 2.05) is 0 Å². The minimum atomic E-state index is -0.413. The summed E-state index contributed by atoms with van der Waals surface area (Å²) in [7, 11) is 0. The van der Waals surface area contributed by atoms with Crippen molar-refractivity contribution >= 4 is 5.69 Å². The molecule has 1 aromatic rings. The molecular formula is C10H11FN2. The molecule has 4 N–H and O–H groups in total. The third-order valence-electron chi connectivity index (χ3n) is 1.50. The van der Waals surface area contributed by atoms with Gasteiger partial charge in [0.05, 0.1) is 5.69 Å². The molecule has 0 heterocycles. The van der Waals surface area contributed by atoms with Crippen LogP contribution in [-0.2, 0) is 0 Å². The average molecular weight is 178 g/mol. The fourth-order valence-electron chi connectivity index (χ4n) is 0.858. The predicted octanol–water partition coefficient (Wildman–Crippen LogP) is 1.11. The van der Waals surface area contributed by atoms with Gasteiger partial charge in [-0.2, -0.15) is 0 Å². The minimum Gasteiger partial charge on any atom is -0.396 e. The van der Waals surface area contributed by atoms with E-state index in [1.54, 1.807) is 6.07 Å². The van der Waals surface area contributed by atoms with Crippen LogP contribution in [0.2, 0.25) is 0 Å². The van der Waals surface area contributed by atoms with Gasteiger partial charge in [-0.3, -0.25) is 0 Å². The first kappa shape index (κ1) is 9.56. The summed E-state index contributed by atoms with van der Waals surface area (Å²) in [6, 6.07) is 4.41. The molecule has 0 saturated carbocycles. The lowest BCUT2D eigenvalue weighted by molar-refractivity contribution is 0.632. The molecule has 0 atom stereocenters. The van der Waals surface area contributed by atoms with Crippen molar-refractivity contribution in [1.29, 1.82) is 0 Å². The zero-order chi connectivity index (χ0) is 9.68. The summed E-state index contributed by atoms with van der Waals surface area (Å²) in [6.07, 6.45) is 0.636. The largest absolute Gasteiger partial charge is 0.396 e. The highest BCUT2D eigenvalue weighted by molar-refractivity contribution is 5.48. The van der Waals surface area contributed by atoms with E-state index in [1.165, 1.54) is 12.1 Å². The van der Waals surface area contributed by atoms with Crippen LogP contribution in [0, 0.1) is 17.7 Å². The molecule has 0 aliphatic carbocycles. The Labute approximate surface area is 76.7 Å². The second-order valence-electron chi connectivity index (χ2n) is 2.58. The van der Waals surface area contributed by atoms with Gasteiger partial charge in [-0.25, -0.2) is 4.39 Å². The molecule has 0 fully saturated rings. The molecular weight excluding hydrogens is 167 g/mol. The van der Waals surface area contributed by atoms with E-state index >= 15 is 0 Å². The molecule has 3 heteroatoms. The molecule has 13 heavy (non-hydrogen) atoms. The lowest BCUT2D eigenvalue weighted by Crippen LogP contribution is -1.95. The van der Waals surface area contributed by atoms with E-state index in [-0.39, 0.29) is 5.69 Å². The Hall–Kier alpha value is -1.53. The summed E-state index contributed by atoms with van der Waals surface area (Å²) < 4.78 is 12.7. The molecule has 0 spiro atoms. The van der Waals surface area contributed by atoms with Crippen LogP contribution in [0.1, 0.15) is 12.0 Å². The van der Waals surface area contributed by atoms with Crippen molar-refractivity contribution in [3.05, 3.63) is 29.6 Å². The van der Waals surface area contributed by atoms with Gasteiger partial charge in [0.25, 0.3) is 0 Å². The van der Waals surface area contributed by atoms with Gasteiger partial charge in [0, 0.05) is 18.5 Å². The van der Waals surface area contributed by atoms with Crippen LogP contribution >= 0.6 is 0 Å². The van der Waals surface area contributed by atoms with Crippen LogP contribution in [0.4, 0.5) is 10.1 Å². The number of nitrogens with two attached hydrogens (primary N) is 2. The highest BCUT2D eigenvalue weighted by Crippen LogP contribution is 2.10. The second kappa shape index (κ2) is 4.48. The molecule has 1 aromatic carbocycles. The molecule has 68 valence electrons. The van der Waals surface area contributed by atoms with Crippen LogP contribution in [0.15, 0.2) is 18.2 Å². The molecule has 0 aromatic heterocycles. The lowest BCUT2D eigenvalue weighted by atomic mass is 10.2. The Morgan fingerprint density at radius 2 is 2.15 bits per heavy atom. The number of hydrogen-bond donors (Lipinski definition) is 2. The monoisotopic (exact) mass is 178 g/mol. The minimum absolute atomic E-state index is 0.125. The van der Waals surface area contributed by atoms with E-state index in [4.69, 9.17) is 11.5 Å². The van der Waals surface area contributed by atoms with Crippen LogP contribution in [0.25, 0.3) is 0 Å². The molecule has 0 radical (unpaired) electrons. The van der Waals surface area contributed by atoms with Crippen LogP contribution in [0.5, 0.6) is 0 Å². The quantitative estimate of drug-likeness (QED) is 0.500. The van der Waals surface area contributed by atoms with Gasteiger partial charge in [-0.05, 0) is 18.2 Å². The molecule has 0 bridgehead atoms. The highest BCUT2D eigenvalue weighted by atomic mass is 19.1. The Kier molecular flexibility index (Phi) is 3.30. The topological polar surface area (TPSA) is 52.0 Å². The van der Waals surface area contributed by atoms with Crippen LogP contribution in [-0.4, -0.2) is 6.54 Å². The first-order valence-corrected chi connectivity index (χ1v) is 3.98. The number of hydrogen-bond acceptors (Lipinski definition) is 2. The Bertz CT molecular complexity index is 350. The number of rotatable bonds is 1. The predicted molar refractivity (Wildman–Crippen MR) is 51.4 cm³/mol. The van der Waals surface area contributed by atoms with Gasteiger partial charge in [0.1, 0.15) is 5.82 Å². The third kappa shape index (κ3) is 2.77. The molecule has 1 rings (SSSR count). The summed E-state index contributed by atoms with van der Waals surface area (Å²) >= 11 is 0. The number of anilines is 1. The second-order valence-corrected chi connectivity index (χ2v) is 2.58. The summed E-state index contributed by atoms with van der Waals surface area (Å²) in [5, 5.41) is 0. The number of nitrogen functional groups attached to an aromatic ring is 1. The molecule has 0 aliphatic rings. The van der Waals surface area contributed by atoms with Gasteiger partial charge in [-0.15, -0.1) is 0 Å². The van der Waals surface area contributed by atoms with Gasteiger partial charge in [0.15, 0.2) is 0 Å². The summed E-state index contributed by atoms with van der Waals surface area (Å²) in [6.45, 7) is 0.531.